The van der Waals surface area contributed by atoms with E-state index >= 15 is 0 Å². The number of aromatic nitrogens is 4. The highest BCUT2D eigenvalue weighted by Crippen LogP contribution is 2.17. The number of nitrogens with one attached hydrogen (secondary N) is 1. The molecule has 0 aliphatic carbocycles. The van der Waals surface area contributed by atoms with Crippen molar-refractivity contribution in [3.05, 3.63) is 56.2 Å². The van der Waals surface area contributed by atoms with E-state index in [-0.39, 0.29) is 5.56 Å². The summed E-state index contributed by atoms with van der Waals surface area (Å²) in [5.74, 6) is 0.898. The Morgan fingerprint density at radius 2 is 1.82 bits per heavy atom. The standard InChI is InChI=1S/C20H26N6O2/c1-13(2)10-11-26-16-17(24(4)20(28)25(5)18(16)27)22-19(26)23-21-12-15-8-6-14(3)7-9-15/h6-9,12-13H,10-11H2,1-5H3,(H,22,23)/b21-12-. The first-order valence-corrected chi connectivity index (χ1v) is 9.31. The minimum absolute atomic E-state index is 0.352. The van der Waals surface area contributed by atoms with E-state index in [9.17, 15) is 9.59 Å². The lowest BCUT2D eigenvalue weighted by Gasteiger charge is -2.10. The average Bonchev–Trinajstić information content (AvgIpc) is 3.03. The molecule has 0 atom stereocenters. The van der Waals surface area contributed by atoms with Gasteiger partial charge in [0, 0.05) is 20.6 Å². The van der Waals surface area contributed by atoms with Gasteiger partial charge in [-0.1, -0.05) is 43.7 Å². The van der Waals surface area contributed by atoms with Gasteiger partial charge < -0.3 is 4.57 Å². The maximum atomic E-state index is 12.7. The molecule has 8 nitrogen and oxygen atoms in total. The number of aryl methyl sites for hydroxylation is 3. The number of hydrogen-bond donors (Lipinski definition) is 1. The van der Waals surface area contributed by atoms with E-state index in [0.717, 1.165) is 16.6 Å². The molecule has 0 saturated heterocycles. The molecule has 0 fully saturated rings. The quantitative estimate of drug-likeness (QED) is 0.523. The zero-order chi connectivity index (χ0) is 20.4. The molecule has 3 rings (SSSR count). The molecule has 2 aromatic heterocycles. The lowest BCUT2D eigenvalue weighted by atomic mass is 10.1. The Labute approximate surface area is 163 Å². The van der Waals surface area contributed by atoms with Gasteiger partial charge in [-0.3, -0.25) is 13.9 Å². The second-order valence-electron chi connectivity index (χ2n) is 7.43. The van der Waals surface area contributed by atoms with Crippen LogP contribution in [0.2, 0.25) is 0 Å². The summed E-state index contributed by atoms with van der Waals surface area (Å²) in [6.45, 7) is 6.87. The molecule has 0 saturated carbocycles. The SMILES string of the molecule is Cc1ccc(/C=N\Nc2nc3c(c(=O)n(C)c(=O)n3C)n2CCC(C)C)cc1. The molecule has 1 N–H and O–H groups in total. The molecule has 0 aliphatic heterocycles. The second-order valence-corrected chi connectivity index (χ2v) is 7.43. The molecular formula is C20H26N6O2. The molecule has 0 unspecified atom stereocenters. The Bertz CT molecular complexity index is 1130. The third-order valence-electron chi connectivity index (χ3n) is 4.73. The van der Waals surface area contributed by atoms with Crippen LogP contribution in [0, 0.1) is 12.8 Å². The Hall–Kier alpha value is -3.16. The van der Waals surface area contributed by atoms with E-state index in [1.54, 1.807) is 13.3 Å². The van der Waals surface area contributed by atoms with Crippen molar-refractivity contribution in [1.82, 2.24) is 18.7 Å². The summed E-state index contributed by atoms with van der Waals surface area (Å²) in [6.07, 6.45) is 2.57. The predicted molar refractivity (Wildman–Crippen MR) is 112 cm³/mol. The largest absolute Gasteiger partial charge is 0.332 e. The van der Waals surface area contributed by atoms with Crippen molar-refractivity contribution < 1.29 is 0 Å². The van der Waals surface area contributed by atoms with Crippen molar-refractivity contribution in [2.24, 2.45) is 25.1 Å². The molecule has 0 bridgehead atoms. The molecular weight excluding hydrogens is 356 g/mol. The number of benzene rings is 1. The van der Waals surface area contributed by atoms with E-state index < -0.39 is 5.69 Å². The van der Waals surface area contributed by atoms with Crippen molar-refractivity contribution in [3.8, 4) is 0 Å². The maximum Gasteiger partial charge on any atom is 0.332 e. The molecule has 8 heteroatoms. The highest BCUT2D eigenvalue weighted by molar-refractivity contribution is 5.80. The molecule has 0 radical (unpaired) electrons. The Morgan fingerprint density at radius 1 is 1.14 bits per heavy atom. The van der Waals surface area contributed by atoms with Crippen LogP contribution in [-0.4, -0.2) is 24.9 Å². The van der Waals surface area contributed by atoms with Gasteiger partial charge in [-0.15, -0.1) is 0 Å². The summed E-state index contributed by atoms with van der Waals surface area (Å²) in [7, 11) is 3.09. The van der Waals surface area contributed by atoms with Crippen LogP contribution in [0.4, 0.5) is 5.95 Å². The maximum absolute atomic E-state index is 12.7. The van der Waals surface area contributed by atoms with Crippen LogP contribution in [0.3, 0.4) is 0 Å². The fourth-order valence-electron chi connectivity index (χ4n) is 2.95. The molecule has 0 spiro atoms. The minimum atomic E-state index is -0.402. The van der Waals surface area contributed by atoms with Gasteiger partial charge in [0.25, 0.3) is 5.56 Å². The Morgan fingerprint density at radius 3 is 2.46 bits per heavy atom. The summed E-state index contributed by atoms with van der Waals surface area (Å²) in [5.41, 5.74) is 5.06. The van der Waals surface area contributed by atoms with Gasteiger partial charge in [-0.25, -0.2) is 10.2 Å². The van der Waals surface area contributed by atoms with Crippen LogP contribution < -0.4 is 16.7 Å². The van der Waals surface area contributed by atoms with E-state index in [4.69, 9.17) is 0 Å². The van der Waals surface area contributed by atoms with E-state index in [0.29, 0.717) is 29.6 Å². The van der Waals surface area contributed by atoms with Crippen molar-refractivity contribution in [2.75, 3.05) is 5.43 Å². The lowest BCUT2D eigenvalue weighted by Crippen LogP contribution is -2.37. The second kappa shape index (κ2) is 7.84. The summed E-state index contributed by atoms with van der Waals surface area (Å²) < 4.78 is 4.30. The third-order valence-corrected chi connectivity index (χ3v) is 4.73. The van der Waals surface area contributed by atoms with Crippen molar-refractivity contribution in [1.29, 1.82) is 0 Å². The van der Waals surface area contributed by atoms with Gasteiger partial charge in [-0.2, -0.15) is 10.1 Å². The fourth-order valence-corrected chi connectivity index (χ4v) is 2.95. The zero-order valence-electron chi connectivity index (χ0n) is 16.9. The first-order valence-electron chi connectivity index (χ1n) is 9.31. The number of hydrogen-bond acceptors (Lipinski definition) is 5. The number of imidazole rings is 1. The highest BCUT2D eigenvalue weighted by atomic mass is 16.2. The third kappa shape index (κ3) is 3.76. The Kier molecular flexibility index (Phi) is 5.48. The lowest BCUT2D eigenvalue weighted by molar-refractivity contribution is 0.524. The van der Waals surface area contributed by atoms with Crippen molar-refractivity contribution in [3.63, 3.8) is 0 Å². The van der Waals surface area contributed by atoms with Crippen LogP contribution >= 0.6 is 0 Å². The molecule has 28 heavy (non-hydrogen) atoms. The topological polar surface area (TPSA) is 86.2 Å². The number of anilines is 1. The summed E-state index contributed by atoms with van der Waals surface area (Å²) in [5, 5.41) is 4.27. The van der Waals surface area contributed by atoms with Gasteiger partial charge in [0.1, 0.15) is 0 Å². The monoisotopic (exact) mass is 382 g/mol. The van der Waals surface area contributed by atoms with Gasteiger partial charge in [0.15, 0.2) is 11.2 Å². The van der Waals surface area contributed by atoms with Crippen LogP contribution in [0.5, 0.6) is 0 Å². The van der Waals surface area contributed by atoms with E-state index in [2.05, 4.69) is 29.4 Å². The van der Waals surface area contributed by atoms with Gasteiger partial charge in [0.05, 0.1) is 6.21 Å². The normalized spacial score (nSPS) is 11.8. The summed E-state index contributed by atoms with van der Waals surface area (Å²) >= 11 is 0. The van der Waals surface area contributed by atoms with E-state index in [1.807, 2.05) is 35.8 Å². The average molecular weight is 382 g/mol. The van der Waals surface area contributed by atoms with Gasteiger partial charge >= 0.3 is 5.69 Å². The highest BCUT2D eigenvalue weighted by Gasteiger charge is 2.19. The molecule has 148 valence electrons. The molecule has 0 amide bonds. The first kappa shape index (κ1) is 19.6. The van der Waals surface area contributed by atoms with E-state index in [1.165, 1.54) is 17.2 Å². The summed E-state index contributed by atoms with van der Waals surface area (Å²) in [4.78, 5) is 29.5. The first-order chi connectivity index (χ1) is 13.3. The van der Waals surface area contributed by atoms with Gasteiger partial charge in [-0.05, 0) is 24.8 Å². The zero-order valence-corrected chi connectivity index (χ0v) is 16.9. The van der Waals surface area contributed by atoms with Crippen LogP contribution in [0.1, 0.15) is 31.4 Å². The predicted octanol–water partition coefficient (Wildman–Crippen LogP) is 2.23. The molecule has 1 aromatic carbocycles. The molecule has 2 heterocycles. The molecule has 3 aromatic rings. The fraction of sp³-hybridized carbons (Fsp3) is 0.400. The van der Waals surface area contributed by atoms with Crippen LogP contribution in [-0.2, 0) is 20.6 Å². The molecule has 0 aliphatic rings. The van der Waals surface area contributed by atoms with Gasteiger partial charge in [0.2, 0.25) is 5.95 Å². The number of fused-ring (bicyclic) bond motifs is 1. The van der Waals surface area contributed by atoms with Crippen LogP contribution in [0.25, 0.3) is 11.2 Å². The van der Waals surface area contributed by atoms with Crippen molar-refractivity contribution >= 4 is 23.3 Å². The smallest absolute Gasteiger partial charge is 0.303 e. The number of rotatable bonds is 6. The van der Waals surface area contributed by atoms with Crippen molar-refractivity contribution in [2.45, 2.75) is 33.7 Å². The van der Waals surface area contributed by atoms with Crippen LogP contribution in [0.15, 0.2) is 39.0 Å². The summed E-state index contributed by atoms with van der Waals surface area (Å²) in [6, 6.07) is 7.97. The minimum Gasteiger partial charge on any atom is -0.303 e. The number of hydrazone groups is 1. The number of nitrogens with zero attached hydrogens (tertiary/aromatic N) is 5. The Balaban J connectivity index is 2.05.